The molecule has 108 valence electrons. The second kappa shape index (κ2) is 12.9. The summed E-state index contributed by atoms with van der Waals surface area (Å²) in [5.74, 6) is -0.530. The van der Waals surface area contributed by atoms with Crippen molar-refractivity contribution in [1.82, 2.24) is 0 Å². The summed E-state index contributed by atoms with van der Waals surface area (Å²) in [4.78, 5) is 21.8. The third-order valence-electron chi connectivity index (χ3n) is 2.34. The topological polar surface area (TPSA) is 43.4 Å². The first-order valence-electron chi connectivity index (χ1n) is 6.95. The molecule has 1 rings (SSSR count). The summed E-state index contributed by atoms with van der Waals surface area (Å²) in [6.45, 7) is 9.39. The first-order valence-corrected chi connectivity index (χ1v) is 7.46. The minimum atomic E-state index is -0.389. The fraction of sp³-hybridized carbons (Fsp3) is 0.857. The molecule has 1 saturated carbocycles. The van der Waals surface area contributed by atoms with Crippen LogP contribution in [-0.2, 0) is 14.3 Å². The summed E-state index contributed by atoms with van der Waals surface area (Å²) in [5, 5.41) is 0.442. The Hall–Kier alpha value is -0.510. The average Bonchev–Trinajstić information content (AvgIpc) is 2.36. The second-order valence-electron chi connectivity index (χ2n) is 3.80. The maximum atomic E-state index is 11.1. The van der Waals surface area contributed by atoms with Gasteiger partial charge in [-0.15, -0.1) is 0 Å². The molecule has 0 amide bonds. The van der Waals surface area contributed by atoms with E-state index in [1.807, 2.05) is 27.7 Å². The third-order valence-corrected chi connectivity index (χ3v) is 2.85. The van der Waals surface area contributed by atoms with Crippen molar-refractivity contribution >= 4 is 24.4 Å². The lowest BCUT2D eigenvalue weighted by Gasteiger charge is -2.25. The number of hydrogen-bond acceptors (Lipinski definition) is 4. The maximum Gasteiger partial charge on any atom is 0.313 e. The highest BCUT2D eigenvalue weighted by molar-refractivity contribution is 7.80. The number of Topliss-reactive ketones (excluding diaryl/α,β-unsaturated/α-hetero) is 1. The molecule has 1 fully saturated rings. The average molecular weight is 276 g/mol. The normalized spacial score (nSPS) is 21.7. The Morgan fingerprint density at radius 3 is 1.89 bits per heavy atom. The van der Waals surface area contributed by atoms with Crippen LogP contribution in [0.1, 0.15) is 66.7 Å². The van der Waals surface area contributed by atoms with E-state index >= 15 is 0 Å². The zero-order valence-corrected chi connectivity index (χ0v) is 13.3. The van der Waals surface area contributed by atoms with E-state index in [1.165, 1.54) is 6.92 Å². The van der Waals surface area contributed by atoms with Crippen molar-refractivity contribution in [2.45, 2.75) is 78.1 Å². The van der Waals surface area contributed by atoms with Crippen molar-refractivity contribution in [3.8, 4) is 0 Å². The van der Waals surface area contributed by atoms with Gasteiger partial charge >= 0.3 is 5.97 Å². The predicted molar refractivity (Wildman–Crippen MR) is 79.1 cm³/mol. The number of hydrogen-bond donors (Lipinski definition) is 1. The zero-order valence-electron chi connectivity index (χ0n) is 12.4. The van der Waals surface area contributed by atoms with Crippen LogP contribution >= 0.6 is 12.6 Å². The Bertz CT molecular complexity index is 221. The van der Waals surface area contributed by atoms with E-state index in [-0.39, 0.29) is 24.3 Å². The Balaban J connectivity index is 0. The molecule has 0 aliphatic heterocycles. The Labute approximate surface area is 117 Å². The molecule has 0 bridgehead atoms. The summed E-state index contributed by atoms with van der Waals surface area (Å²) >= 11 is 4.35. The lowest BCUT2D eigenvalue weighted by atomic mass is 9.97. The van der Waals surface area contributed by atoms with E-state index in [2.05, 4.69) is 12.6 Å². The van der Waals surface area contributed by atoms with Crippen LogP contribution in [0.3, 0.4) is 0 Å². The molecule has 0 heterocycles. The van der Waals surface area contributed by atoms with Gasteiger partial charge in [-0.1, -0.05) is 27.7 Å². The van der Waals surface area contributed by atoms with Crippen molar-refractivity contribution in [2.75, 3.05) is 0 Å². The number of carbonyl (C=O) groups is 2. The number of ether oxygens (including phenoxy) is 1. The molecule has 4 heteroatoms. The SMILES string of the molecule is CC.CC.CC(=O)CC(=O)OC1CCC(S)CC1. The van der Waals surface area contributed by atoms with Gasteiger partial charge in [0.1, 0.15) is 18.3 Å². The number of rotatable bonds is 3. The van der Waals surface area contributed by atoms with E-state index in [4.69, 9.17) is 4.74 Å². The molecule has 0 spiro atoms. The molecule has 0 aromatic carbocycles. The quantitative estimate of drug-likeness (QED) is 0.484. The van der Waals surface area contributed by atoms with Crippen molar-refractivity contribution in [2.24, 2.45) is 0 Å². The standard InChI is InChI=1S/C10H16O3S.2C2H6/c1-7(11)6-10(12)13-8-2-4-9(14)5-3-8;2*1-2/h8-9,14H,2-6H2,1H3;2*1-2H3. The number of carbonyl (C=O) groups excluding carboxylic acids is 2. The first kappa shape index (κ1) is 19.8. The number of esters is 1. The van der Waals surface area contributed by atoms with Gasteiger partial charge in [0.05, 0.1) is 0 Å². The van der Waals surface area contributed by atoms with E-state index in [0.717, 1.165) is 25.7 Å². The maximum absolute atomic E-state index is 11.1. The molecule has 18 heavy (non-hydrogen) atoms. The van der Waals surface area contributed by atoms with Gasteiger partial charge in [0.15, 0.2) is 0 Å². The van der Waals surface area contributed by atoms with E-state index in [9.17, 15) is 9.59 Å². The van der Waals surface area contributed by atoms with E-state index in [1.54, 1.807) is 0 Å². The summed E-state index contributed by atoms with van der Waals surface area (Å²) in [6, 6.07) is 0. The van der Waals surface area contributed by atoms with Gasteiger partial charge in [-0.2, -0.15) is 12.6 Å². The first-order chi connectivity index (χ1) is 8.58. The van der Waals surface area contributed by atoms with Crippen LogP contribution in [0.4, 0.5) is 0 Å². The fourth-order valence-electron chi connectivity index (χ4n) is 1.59. The summed E-state index contributed by atoms with van der Waals surface area (Å²) in [6.07, 6.45) is 3.63. The minimum absolute atomic E-state index is 0.00486. The van der Waals surface area contributed by atoms with Crippen LogP contribution in [0.2, 0.25) is 0 Å². The molecule has 1 aliphatic carbocycles. The monoisotopic (exact) mass is 276 g/mol. The van der Waals surface area contributed by atoms with Crippen LogP contribution in [0.5, 0.6) is 0 Å². The predicted octanol–water partition coefficient (Wildman–Crippen LogP) is 3.80. The lowest BCUT2D eigenvalue weighted by Crippen LogP contribution is -2.25. The van der Waals surface area contributed by atoms with Crippen LogP contribution in [-0.4, -0.2) is 23.1 Å². The Morgan fingerprint density at radius 2 is 1.50 bits per heavy atom. The summed E-state index contributed by atoms with van der Waals surface area (Å²) < 4.78 is 5.16. The molecule has 0 aromatic heterocycles. The van der Waals surface area contributed by atoms with Gasteiger partial charge in [0.25, 0.3) is 0 Å². The van der Waals surface area contributed by atoms with E-state index in [0.29, 0.717) is 5.25 Å². The molecule has 1 aliphatic rings. The number of thiol groups is 1. The molecular weight excluding hydrogens is 248 g/mol. The zero-order chi connectivity index (χ0) is 14.6. The number of ketones is 1. The molecule has 3 nitrogen and oxygen atoms in total. The van der Waals surface area contributed by atoms with Gasteiger partial charge in [0.2, 0.25) is 0 Å². The highest BCUT2D eigenvalue weighted by Gasteiger charge is 2.22. The van der Waals surface area contributed by atoms with E-state index < -0.39 is 0 Å². The molecule has 0 saturated heterocycles. The van der Waals surface area contributed by atoms with Crippen molar-refractivity contribution in [1.29, 1.82) is 0 Å². The molecular formula is C14H28O3S. The highest BCUT2D eigenvalue weighted by Crippen LogP contribution is 2.24. The molecule has 0 N–H and O–H groups in total. The van der Waals surface area contributed by atoms with Gasteiger partial charge in [-0.25, -0.2) is 0 Å². The lowest BCUT2D eigenvalue weighted by molar-refractivity contribution is -0.151. The molecule has 0 aromatic rings. The molecule has 0 atom stereocenters. The van der Waals surface area contributed by atoms with Gasteiger partial charge in [-0.3, -0.25) is 9.59 Å². The Kier molecular flexibility index (Phi) is 14.2. The highest BCUT2D eigenvalue weighted by atomic mass is 32.1. The van der Waals surface area contributed by atoms with Crippen LogP contribution in [0.25, 0.3) is 0 Å². The van der Waals surface area contributed by atoms with Crippen molar-refractivity contribution in [3.05, 3.63) is 0 Å². The van der Waals surface area contributed by atoms with Crippen molar-refractivity contribution < 1.29 is 14.3 Å². The van der Waals surface area contributed by atoms with Gasteiger partial charge in [0, 0.05) is 5.25 Å². The second-order valence-corrected chi connectivity index (χ2v) is 4.53. The van der Waals surface area contributed by atoms with Gasteiger partial charge in [-0.05, 0) is 32.6 Å². The molecule has 0 radical (unpaired) electrons. The van der Waals surface area contributed by atoms with Crippen LogP contribution < -0.4 is 0 Å². The van der Waals surface area contributed by atoms with Crippen molar-refractivity contribution in [3.63, 3.8) is 0 Å². The minimum Gasteiger partial charge on any atom is -0.462 e. The largest absolute Gasteiger partial charge is 0.462 e. The molecule has 0 unspecified atom stereocenters. The fourth-order valence-corrected chi connectivity index (χ4v) is 1.89. The smallest absolute Gasteiger partial charge is 0.313 e. The van der Waals surface area contributed by atoms with Crippen LogP contribution in [0, 0.1) is 0 Å². The summed E-state index contributed by atoms with van der Waals surface area (Å²) in [7, 11) is 0. The Morgan fingerprint density at radius 1 is 1.06 bits per heavy atom. The summed E-state index contributed by atoms with van der Waals surface area (Å²) in [5.41, 5.74) is 0. The van der Waals surface area contributed by atoms with Gasteiger partial charge < -0.3 is 4.74 Å². The van der Waals surface area contributed by atoms with Crippen LogP contribution in [0.15, 0.2) is 0 Å². The third kappa shape index (κ3) is 10.6.